The quantitative estimate of drug-likeness (QED) is 0.773. The van der Waals surface area contributed by atoms with Crippen LogP contribution in [0.4, 0.5) is 11.4 Å². The number of carbonyl (C=O) groups is 2. The van der Waals surface area contributed by atoms with Crippen LogP contribution in [-0.2, 0) is 4.79 Å². The Hall–Kier alpha value is -2.14. The molecule has 0 fully saturated rings. The summed E-state index contributed by atoms with van der Waals surface area (Å²) in [4.78, 5) is 26.0. The zero-order valence-electron chi connectivity index (χ0n) is 13.2. The van der Waals surface area contributed by atoms with E-state index in [1.807, 2.05) is 55.4 Å². The van der Waals surface area contributed by atoms with Gasteiger partial charge in [-0.2, -0.15) is 0 Å². The summed E-state index contributed by atoms with van der Waals surface area (Å²) in [6.07, 6.45) is 0.369. The van der Waals surface area contributed by atoms with Crippen molar-refractivity contribution in [2.45, 2.75) is 12.8 Å². The van der Waals surface area contributed by atoms with E-state index < -0.39 is 0 Å². The van der Waals surface area contributed by atoms with Crippen molar-refractivity contribution in [2.75, 3.05) is 24.3 Å². The molecule has 2 aromatic rings. The Balaban J connectivity index is 1.85. The van der Waals surface area contributed by atoms with Gasteiger partial charge in [-0.15, -0.1) is 0 Å². The van der Waals surface area contributed by atoms with Crippen molar-refractivity contribution in [3.63, 3.8) is 0 Å². The van der Waals surface area contributed by atoms with Gasteiger partial charge in [-0.25, -0.2) is 0 Å². The molecule has 0 aliphatic rings. The highest BCUT2D eigenvalue weighted by molar-refractivity contribution is 9.10. The number of nitrogens with one attached hydrogen (secondary N) is 1. The van der Waals surface area contributed by atoms with Crippen molar-refractivity contribution in [2.24, 2.45) is 0 Å². The maximum Gasteiger partial charge on any atom is 0.224 e. The zero-order valence-corrected chi connectivity index (χ0v) is 14.8. The summed E-state index contributed by atoms with van der Waals surface area (Å²) in [5, 5.41) is 2.81. The lowest BCUT2D eigenvalue weighted by atomic mass is 10.1. The van der Waals surface area contributed by atoms with E-state index in [2.05, 4.69) is 21.2 Å². The Kier molecular flexibility index (Phi) is 5.93. The number of benzene rings is 2. The van der Waals surface area contributed by atoms with Gasteiger partial charge >= 0.3 is 0 Å². The molecule has 120 valence electrons. The Bertz CT molecular complexity index is 679. The van der Waals surface area contributed by atoms with Crippen molar-refractivity contribution in [1.82, 2.24) is 0 Å². The van der Waals surface area contributed by atoms with Gasteiger partial charge in [-0.05, 0) is 36.4 Å². The lowest BCUT2D eigenvalue weighted by Crippen LogP contribution is -2.14. The van der Waals surface area contributed by atoms with Crippen LogP contribution in [0.1, 0.15) is 23.2 Å². The van der Waals surface area contributed by atoms with Crippen LogP contribution in [0.5, 0.6) is 0 Å². The highest BCUT2D eigenvalue weighted by Gasteiger charge is 2.09. The van der Waals surface area contributed by atoms with Gasteiger partial charge in [0.1, 0.15) is 0 Å². The lowest BCUT2D eigenvalue weighted by Gasteiger charge is -2.13. The fourth-order valence-corrected chi connectivity index (χ4v) is 2.34. The molecule has 1 N–H and O–H groups in total. The minimum absolute atomic E-state index is 0.0318. The summed E-state index contributed by atoms with van der Waals surface area (Å²) in [5.74, 6) is -0.191. The van der Waals surface area contributed by atoms with Gasteiger partial charge in [0.15, 0.2) is 5.78 Å². The number of carbonyl (C=O) groups excluding carboxylic acids is 2. The lowest BCUT2D eigenvalue weighted by molar-refractivity contribution is -0.116. The molecule has 23 heavy (non-hydrogen) atoms. The fraction of sp³-hybridized carbons (Fsp3) is 0.222. The summed E-state index contributed by atoms with van der Waals surface area (Å²) >= 11 is 3.33. The minimum atomic E-state index is -0.159. The maximum atomic E-state index is 12.0. The topological polar surface area (TPSA) is 49.4 Å². The van der Waals surface area contributed by atoms with E-state index in [-0.39, 0.29) is 24.5 Å². The first kappa shape index (κ1) is 17.2. The van der Waals surface area contributed by atoms with Crippen LogP contribution in [0.25, 0.3) is 0 Å². The van der Waals surface area contributed by atoms with E-state index in [1.54, 1.807) is 12.1 Å². The second-order valence-electron chi connectivity index (χ2n) is 5.42. The number of rotatable bonds is 6. The second kappa shape index (κ2) is 7.92. The molecule has 2 aromatic carbocycles. The molecule has 0 aliphatic heterocycles. The van der Waals surface area contributed by atoms with Gasteiger partial charge in [-0.3, -0.25) is 9.59 Å². The summed E-state index contributed by atoms with van der Waals surface area (Å²) < 4.78 is 0.924. The number of hydrogen-bond donors (Lipinski definition) is 1. The predicted octanol–water partition coefficient (Wildman–Crippen LogP) is 4.12. The van der Waals surface area contributed by atoms with Gasteiger partial charge in [-0.1, -0.05) is 28.1 Å². The molecule has 0 unspecified atom stereocenters. The monoisotopic (exact) mass is 374 g/mol. The van der Waals surface area contributed by atoms with Crippen LogP contribution in [0.2, 0.25) is 0 Å². The van der Waals surface area contributed by atoms with Crippen molar-refractivity contribution >= 4 is 39.0 Å². The van der Waals surface area contributed by atoms with E-state index in [0.717, 1.165) is 15.8 Å². The highest BCUT2D eigenvalue weighted by Crippen LogP contribution is 2.16. The standard InChI is InChI=1S/C18H19BrN2O2/c1-21(2)16-9-7-15(8-10-16)20-18(23)12-11-17(22)13-3-5-14(19)6-4-13/h3-10H,11-12H2,1-2H3,(H,20,23). The number of Topliss-reactive ketones (excluding diaryl/α,β-unsaturated/α-hetero) is 1. The summed E-state index contributed by atoms with van der Waals surface area (Å²) in [7, 11) is 3.92. The van der Waals surface area contributed by atoms with Crippen molar-refractivity contribution in [1.29, 1.82) is 0 Å². The normalized spacial score (nSPS) is 10.2. The molecule has 0 aromatic heterocycles. The largest absolute Gasteiger partial charge is 0.378 e. The van der Waals surface area contributed by atoms with Crippen LogP contribution in [0.15, 0.2) is 53.0 Å². The molecule has 0 atom stereocenters. The molecule has 0 radical (unpaired) electrons. The number of amides is 1. The van der Waals surface area contributed by atoms with Crippen LogP contribution in [0.3, 0.4) is 0 Å². The first-order chi connectivity index (χ1) is 11.0. The predicted molar refractivity (Wildman–Crippen MR) is 97.1 cm³/mol. The van der Waals surface area contributed by atoms with Crippen LogP contribution in [0, 0.1) is 0 Å². The SMILES string of the molecule is CN(C)c1ccc(NC(=O)CCC(=O)c2ccc(Br)cc2)cc1. The third-order valence-electron chi connectivity index (χ3n) is 3.41. The Morgan fingerprint density at radius 1 is 0.957 bits per heavy atom. The molecular formula is C18H19BrN2O2. The van der Waals surface area contributed by atoms with Gasteiger partial charge in [0, 0.05) is 48.3 Å². The zero-order chi connectivity index (χ0) is 16.8. The van der Waals surface area contributed by atoms with Crippen LogP contribution >= 0.6 is 15.9 Å². The smallest absolute Gasteiger partial charge is 0.224 e. The number of halogens is 1. The van der Waals surface area contributed by atoms with Gasteiger partial charge in [0.05, 0.1) is 0 Å². The number of anilines is 2. The average Bonchev–Trinajstić information content (AvgIpc) is 2.54. The Morgan fingerprint density at radius 2 is 1.57 bits per heavy atom. The van der Waals surface area contributed by atoms with Crippen molar-refractivity contribution in [3.8, 4) is 0 Å². The second-order valence-corrected chi connectivity index (χ2v) is 6.34. The molecule has 0 saturated heterocycles. The Labute approximate surface area is 144 Å². The number of ketones is 1. The van der Waals surface area contributed by atoms with E-state index in [4.69, 9.17) is 0 Å². The first-order valence-corrected chi connectivity index (χ1v) is 8.11. The maximum absolute atomic E-state index is 12.0. The third-order valence-corrected chi connectivity index (χ3v) is 3.94. The number of hydrogen-bond acceptors (Lipinski definition) is 3. The molecule has 1 amide bonds. The molecule has 0 spiro atoms. The van der Waals surface area contributed by atoms with Crippen molar-refractivity contribution in [3.05, 3.63) is 58.6 Å². The number of nitrogens with zero attached hydrogens (tertiary/aromatic N) is 1. The molecule has 0 bridgehead atoms. The highest BCUT2D eigenvalue weighted by atomic mass is 79.9. The van der Waals surface area contributed by atoms with Crippen LogP contribution < -0.4 is 10.2 Å². The minimum Gasteiger partial charge on any atom is -0.378 e. The van der Waals surface area contributed by atoms with Gasteiger partial charge < -0.3 is 10.2 Å². The van der Waals surface area contributed by atoms with Crippen molar-refractivity contribution < 1.29 is 9.59 Å². The summed E-state index contributed by atoms with van der Waals surface area (Å²) in [6.45, 7) is 0. The third kappa shape index (κ3) is 5.21. The van der Waals surface area contributed by atoms with Gasteiger partial charge in [0.25, 0.3) is 0 Å². The van der Waals surface area contributed by atoms with E-state index in [9.17, 15) is 9.59 Å². The van der Waals surface area contributed by atoms with Crippen LogP contribution in [-0.4, -0.2) is 25.8 Å². The molecular weight excluding hydrogens is 356 g/mol. The fourth-order valence-electron chi connectivity index (χ4n) is 2.07. The molecule has 0 aliphatic carbocycles. The summed E-state index contributed by atoms with van der Waals surface area (Å²) in [5.41, 5.74) is 2.42. The first-order valence-electron chi connectivity index (χ1n) is 7.32. The van der Waals surface area contributed by atoms with E-state index >= 15 is 0 Å². The molecule has 0 heterocycles. The summed E-state index contributed by atoms with van der Waals surface area (Å²) in [6, 6.07) is 14.7. The van der Waals surface area contributed by atoms with E-state index in [0.29, 0.717) is 5.56 Å². The molecule has 5 heteroatoms. The molecule has 2 rings (SSSR count). The van der Waals surface area contributed by atoms with E-state index in [1.165, 1.54) is 0 Å². The molecule has 0 saturated carbocycles. The average molecular weight is 375 g/mol. The van der Waals surface area contributed by atoms with Gasteiger partial charge in [0.2, 0.25) is 5.91 Å². The Morgan fingerprint density at radius 3 is 2.13 bits per heavy atom. The molecule has 4 nitrogen and oxygen atoms in total.